The summed E-state index contributed by atoms with van der Waals surface area (Å²) in [5, 5.41) is 11.0. The first kappa shape index (κ1) is 24.5. The van der Waals surface area contributed by atoms with Gasteiger partial charge in [0.25, 0.3) is 6.43 Å². The Morgan fingerprint density at radius 2 is 1.69 bits per heavy atom. The molecule has 2 saturated heterocycles. The highest BCUT2D eigenvalue weighted by molar-refractivity contribution is 5.88. The van der Waals surface area contributed by atoms with Crippen LogP contribution in [0.3, 0.4) is 0 Å². The Bertz CT molecular complexity index is 1050. The molecule has 2 heterocycles. The molecule has 3 atom stereocenters. The molecule has 5 rings (SSSR count). The smallest absolute Gasteiger partial charge is 0.306 e. The number of carboxylic acids is 1. The highest BCUT2D eigenvalue weighted by Crippen LogP contribution is 2.44. The molecule has 2 aliphatic heterocycles. The average Bonchev–Trinajstić information content (AvgIpc) is 2.83. The van der Waals surface area contributed by atoms with Crippen molar-refractivity contribution >= 4 is 16.7 Å². The van der Waals surface area contributed by atoms with E-state index >= 15 is 0 Å². The lowest BCUT2D eigenvalue weighted by molar-refractivity contribution is -0.147. The van der Waals surface area contributed by atoms with Gasteiger partial charge >= 0.3 is 5.97 Å². The molecule has 3 aliphatic rings. The van der Waals surface area contributed by atoms with Crippen LogP contribution < -0.4 is 4.74 Å². The van der Waals surface area contributed by atoms with Crippen molar-refractivity contribution in [1.29, 1.82) is 0 Å². The molecule has 6 heteroatoms. The first-order valence-corrected chi connectivity index (χ1v) is 13.3. The lowest BCUT2D eigenvalue weighted by Gasteiger charge is -2.51. The number of hydrogen-bond donors (Lipinski definition) is 1. The number of alkyl halides is 2. The molecule has 2 bridgehead atoms. The minimum absolute atomic E-state index is 0.0000449. The zero-order valence-electron chi connectivity index (χ0n) is 20.8. The fourth-order valence-corrected chi connectivity index (χ4v) is 6.88. The Hall–Kier alpha value is -2.21. The molecule has 0 spiro atoms. The predicted molar refractivity (Wildman–Crippen MR) is 133 cm³/mol. The number of carbonyl (C=O) groups is 1. The standard InChI is InChI=1S/C29H37F2NO3/c1-17-6-11-24(12-7-17)35-26-13-10-19-8-9-20(16-25(19)27(26)28(30)31)18(2)32-22-4-3-5-23(32)15-21(14-22)29(33)34/h8-10,13,16-18,21-24,28H,3-7,11-12,14-15H2,1-2H3,(H,33,34). The summed E-state index contributed by atoms with van der Waals surface area (Å²) in [6.45, 7) is 4.37. The zero-order chi connectivity index (χ0) is 24.7. The molecular weight excluding hydrogens is 448 g/mol. The van der Waals surface area contributed by atoms with E-state index in [2.05, 4.69) is 18.7 Å². The summed E-state index contributed by atoms with van der Waals surface area (Å²) >= 11 is 0. The number of benzene rings is 2. The highest BCUT2D eigenvalue weighted by Gasteiger charge is 2.42. The van der Waals surface area contributed by atoms with E-state index in [4.69, 9.17) is 4.74 Å². The van der Waals surface area contributed by atoms with Crippen LogP contribution >= 0.6 is 0 Å². The second-order valence-electron chi connectivity index (χ2n) is 11.1. The van der Waals surface area contributed by atoms with Gasteiger partial charge in [0, 0.05) is 18.1 Å². The van der Waals surface area contributed by atoms with Crippen LogP contribution in [-0.2, 0) is 4.79 Å². The summed E-state index contributed by atoms with van der Waals surface area (Å²) < 4.78 is 35.0. The Morgan fingerprint density at radius 3 is 2.31 bits per heavy atom. The summed E-state index contributed by atoms with van der Waals surface area (Å²) in [5.74, 6) is 0.0147. The number of nitrogens with zero attached hydrogens (tertiary/aromatic N) is 1. The van der Waals surface area contributed by atoms with Gasteiger partial charge in [0.1, 0.15) is 5.75 Å². The average molecular weight is 486 g/mol. The Labute approximate surface area is 206 Å². The summed E-state index contributed by atoms with van der Waals surface area (Å²) in [7, 11) is 0. The SMILES string of the molecule is CC1CCC(Oc2ccc3ccc(C(C)N4C5CCCC4CC(C(=O)O)C5)cc3c2C(F)F)CC1. The minimum Gasteiger partial charge on any atom is -0.490 e. The van der Waals surface area contributed by atoms with Crippen molar-refractivity contribution in [3.05, 3.63) is 41.5 Å². The molecule has 0 aromatic heterocycles. The summed E-state index contributed by atoms with van der Waals surface area (Å²) in [4.78, 5) is 14.1. The number of piperidine rings is 2. The van der Waals surface area contributed by atoms with Gasteiger partial charge in [-0.1, -0.05) is 31.5 Å². The molecule has 0 amide bonds. The first-order chi connectivity index (χ1) is 16.8. The van der Waals surface area contributed by atoms with Crippen LogP contribution in [0.2, 0.25) is 0 Å². The highest BCUT2D eigenvalue weighted by atomic mass is 19.3. The lowest BCUT2D eigenvalue weighted by atomic mass is 9.77. The van der Waals surface area contributed by atoms with Crippen LogP contribution in [-0.4, -0.2) is 34.2 Å². The van der Waals surface area contributed by atoms with Crippen LogP contribution in [0.15, 0.2) is 30.3 Å². The third-order valence-corrected chi connectivity index (χ3v) is 8.83. The normalized spacial score (nSPS) is 30.4. The van der Waals surface area contributed by atoms with Crippen LogP contribution in [0.4, 0.5) is 8.78 Å². The molecule has 3 fully saturated rings. The molecule has 0 radical (unpaired) electrons. The predicted octanol–water partition coefficient (Wildman–Crippen LogP) is 7.51. The maximum atomic E-state index is 14.4. The molecule has 35 heavy (non-hydrogen) atoms. The molecule has 4 nitrogen and oxygen atoms in total. The zero-order valence-corrected chi connectivity index (χ0v) is 20.8. The minimum atomic E-state index is -2.62. The summed E-state index contributed by atoms with van der Waals surface area (Å²) in [5.41, 5.74) is 1.01. The molecule has 1 N–H and O–H groups in total. The Balaban J connectivity index is 1.45. The van der Waals surface area contributed by atoms with Crippen LogP contribution in [0.25, 0.3) is 10.8 Å². The second kappa shape index (κ2) is 10.0. The largest absolute Gasteiger partial charge is 0.490 e. The Kier molecular flexibility index (Phi) is 7.02. The number of aliphatic carboxylic acids is 1. The van der Waals surface area contributed by atoms with Gasteiger partial charge in [0.15, 0.2) is 0 Å². The topological polar surface area (TPSA) is 49.8 Å². The van der Waals surface area contributed by atoms with Crippen molar-refractivity contribution in [3.8, 4) is 5.75 Å². The number of hydrogen-bond acceptors (Lipinski definition) is 3. The van der Waals surface area contributed by atoms with E-state index in [9.17, 15) is 18.7 Å². The van der Waals surface area contributed by atoms with Crippen molar-refractivity contribution in [3.63, 3.8) is 0 Å². The molecule has 1 aliphatic carbocycles. The summed E-state index contributed by atoms with van der Waals surface area (Å²) in [6, 6.07) is 10.0. The van der Waals surface area contributed by atoms with Crippen molar-refractivity contribution < 1.29 is 23.4 Å². The van der Waals surface area contributed by atoms with Crippen LogP contribution in [0.5, 0.6) is 5.75 Å². The van der Waals surface area contributed by atoms with Gasteiger partial charge in [0.2, 0.25) is 0 Å². The van der Waals surface area contributed by atoms with Crippen LogP contribution in [0, 0.1) is 11.8 Å². The molecule has 2 aromatic rings. The van der Waals surface area contributed by atoms with E-state index in [0.29, 0.717) is 29.9 Å². The van der Waals surface area contributed by atoms with Crippen molar-refractivity contribution in [2.75, 3.05) is 0 Å². The van der Waals surface area contributed by atoms with Gasteiger partial charge < -0.3 is 9.84 Å². The van der Waals surface area contributed by atoms with E-state index in [0.717, 1.165) is 55.9 Å². The number of ether oxygens (including phenoxy) is 1. The molecule has 1 saturated carbocycles. The van der Waals surface area contributed by atoms with E-state index in [1.54, 1.807) is 6.07 Å². The number of halogens is 2. The molecule has 3 unspecified atom stereocenters. The summed E-state index contributed by atoms with van der Waals surface area (Å²) in [6.07, 6.45) is 5.81. The molecule has 2 aromatic carbocycles. The van der Waals surface area contributed by atoms with Gasteiger partial charge in [-0.25, -0.2) is 8.78 Å². The van der Waals surface area contributed by atoms with E-state index in [1.807, 2.05) is 24.3 Å². The quantitative estimate of drug-likeness (QED) is 0.460. The van der Waals surface area contributed by atoms with E-state index in [-0.39, 0.29) is 35.7 Å². The maximum absolute atomic E-state index is 14.4. The van der Waals surface area contributed by atoms with Crippen molar-refractivity contribution in [2.45, 2.75) is 102 Å². The lowest BCUT2D eigenvalue weighted by Crippen LogP contribution is -2.53. The van der Waals surface area contributed by atoms with Gasteiger partial charge in [0.05, 0.1) is 17.6 Å². The first-order valence-electron chi connectivity index (χ1n) is 13.3. The number of fused-ring (bicyclic) bond motifs is 3. The third kappa shape index (κ3) is 4.91. The van der Waals surface area contributed by atoms with Gasteiger partial charge in [-0.3, -0.25) is 9.69 Å². The monoisotopic (exact) mass is 485 g/mol. The fraction of sp³-hybridized carbons (Fsp3) is 0.621. The number of carboxylic acid groups (broad SMARTS) is 1. The van der Waals surface area contributed by atoms with Crippen LogP contribution in [0.1, 0.15) is 95.2 Å². The van der Waals surface area contributed by atoms with Crippen molar-refractivity contribution in [1.82, 2.24) is 4.90 Å². The Morgan fingerprint density at radius 1 is 1.03 bits per heavy atom. The maximum Gasteiger partial charge on any atom is 0.306 e. The van der Waals surface area contributed by atoms with Crippen molar-refractivity contribution in [2.24, 2.45) is 11.8 Å². The molecule has 190 valence electrons. The number of rotatable bonds is 6. The van der Waals surface area contributed by atoms with E-state index in [1.165, 1.54) is 0 Å². The van der Waals surface area contributed by atoms with E-state index < -0.39 is 12.4 Å². The second-order valence-corrected chi connectivity index (χ2v) is 11.1. The molecular formula is C29H37F2NO3. The van der Waals surface area contributed by atoms with Gasteiger partial charge in [-0.2, -0.15) is 0 Å². The van der Waals surface area contributed by atoms with Gasteiger partial charge in [-0.05, 0) is 92.7 Å². The van der Waals surface area contributed by atoms with Gasteiger partial charge in [-0.15, -0.1) is 0 Å². The fourth-order valence-electron chi connectivity index (χ4n) is 6.88. The third-order valence-electron chi connectivity index (χ3n) is 8.83.